The molecule has 0 saturated heterocycles. The van der Waals surface area contributed by atoms with Gasteiger partial charge in [0, 0.05) is 6.20 Å². The molecule has 1 N–H and O–H groups in total. The van der Waals surface area contributed by atoms with E-state index in [0.29, 0.717) is 0 Å². The smallest absolute Gasteiger partial charge is 0.142 e. The molecule has 0 saturated carbocycles. The second-order valence-electron chi connectivity index (χ2n) is 3.80. The highest BCUT2D eigenvalue weighted by molar-refractivity contribution is 7.05. The summed E-state index contributed by atoms with van der Waals surface area (Å²) >= 11 is 1.38. The molecule has 2 aromatic heterocycles. The third-order valence-electron chi connectivity index (χ3n) is 2.55. The molecule has 5 nitrogen and oxygen atoms in total. The molecular weight excluding hydrogens is 248 g/mol. The molecule has 2 heterocycles. The van der Waals surface area contributed by atoms with Crippen LogP contribution in [-0.4, -0.2) is 28.2 Å². The van der Waals surface area contributed by atoms with Crippen LogP contribution in [0.4, 0.5) is 0 Å². The Kier molecular flexibility index (Phi) is 4.60. The van der Waals surface area contributed by atoms with Crippen molar-refractivity contribution in [3.05, 3.63) is 35.1 Å². The van der Waals surface area contributed by atoms with Crippen LogP contribution < -0.4 is 10.1 Å². The van der Waals surface area contributed by atoms with Crippen LogP contribution in [0.3, 0.4) is 0 Å². The minimum atomic E-state index is -0.0129. The Morgan fingerprint density at radius 2 is 2.39 bits per heavy atom. The Hall–Kier alpha value is -1.53. The lowest BCUT2D eigenvalue weighted by Gasteiger charge is -2.17. The molecule has 0 aliphatic heterocycles. The highest BCUT2D eigenvalue weighted by Gasteiger charge is 2.20. The maximum Gasteiger partial charge on any atom is 0.142 e. The van der Waals surface area contributed by atoms with E-state index in [4.69, 9.17) is 4.74 Å². The van der Waals surface area contributed by atoms with E-state index >= 15 is 0 Å². The van der Waals surface area contributed by atoms with Crippen molar-refractivity contribution < 1.29 is 4.74 Å². The van der Waals surface area contributed by atoms with Crippen molar-refractivity contribution >= 4 is 11.5 Å². The Morgan fingerprint density at radius 1 is 1.50 bits per heavy atom. The minimum absolute atomic E-state index is 0.0129. The molecule has 0 bridgehead atoms. The lowest BCUT2D eigenvalue weighted by atomic mass is 10.1. The predicted molar refractivity (Wildman–Crippen MR) is 70.8 cm³/mol. The van der Waals surface area contributed by atoms with Crippen LogP contribution in [0, 0.1) is 0 Å². The topological polar surface area (TPSA) is 59.9 Å². The summed E-state index contributed by atoms with van der Waals surface area (Å²) in [4.78, 5) is 5.46. The monoisotopic (exact) mass is 264 g/mol. The zero-order chi connectivity index (χ0) is 12.8. The van der Waals surface area contributed by atoms with Gasteiger partial charge >= 0.3 is 0 Å². The fourth-order valence-corrected chi connectivity index (χ4v) is 2.30. The van der Waals surface area contributed by atoms with Gasteiger partial charge in [0.05, 0.1) is 24.2 Å². The van der Waals surface area contributed by atoms with Gasteiger partial charge in [-0.2, -0.15) is 0 Å². The SMILES string of the molecule is CCCNC(c1cnns1)c1ncccc1OC. The van der Waals surface area contributed by atoms with Crippen LogP contribution in [0.1, 0.15) is 30.0 Å². The number of nitrogens with zero attached hydrogens (tertiary/aromatic N) is 3. The Labute approximate surface area is 110 Å². The summed E-state index contributed by atoms with van der Waals surface area (Å²) in [6, 6.07) is 3.77. The van der Waals surface area contributed by atoms with Crippen molar-refractivity contribution in [3.63, 3.8) is 0 Å². The molecule has 96 valence electrons. The quantitative estimate of drug-likeness (QED) is 0.865. The van der Waals surface area contributed by atoms with Crippen LogP contribution in [0.2, 0.25) is 0 Å². The van der Waals surface area contributed by atoms with E-state index in [0.717, 1.165) is 29.3 Å². The first kappa shape index (κ1) is 12.9. The molecule has 2 aromatic rings. The first-order chi connectivity index (χ1) is 8.86. The molecule has 0 fully saturated rings. The molecule has 2 rings (SSSR count). The van der Waals surface area contributed by atoms with E-state index < -0.39 is 0 Å². The number of pyridine rings is 1. The van der Waals surface area contributed by atoms with Crippen molar-refractivity contribution in [2.24, 2.45) is 0 Å². The summed E-state index contributed by atoms with van der Waals surface area (Å²) in [7, 11) is 1.66. The highest BCUT2D eigenvalue weighted by atomic mass is 32.1. The highest BCUT2D eigenvalue weighted by Crippen LogP contribution is 2.28. The number of nitrogens with one attached hydrogen (secondary N) is 1. The van der Waals surface area contributed by atoms with Crippen LogP contribution in [0.25, 0.3) is 0 Å². The first-order valence-electron chi connectivity index (χ1n) is 5.86. The van der Waals surface area contributed by atoms with Crippen molar-refractivity contribution in [1.82, 2.24) is 19.9 Å². The summed E-state index contributed by atoms with van der Waals surface area (Å²) < 4.78 is 9.28. The van der Waals surface area contributed by atoms with Crippen LogP contribution in [0.5, 0.6) is 5.75 Å². The summed E-state index contributed by atoms with van der Waals surface area (Å²) in [5.74, 6) is 0.777. The van der Waals surface area contributed by atoms with E-state index in [9.17, 15) is 0 Å². The van der Waals surface area contributed by atoms with Gasteiger partial charge in [-0.1, -0.05) is 11.4 Å². The van der Waals surface area contributed by atoms with Gasteiger partial charge in [0.25, 0.3) is 0 Å². The molecule has 0 aliphatic rings. The molecule has 0 amide bonds. The zero-order valence-corrected chi connectivity index (χ0v) is 11.3. The molecular formula is C12H16N4OS. The van der Waals surface area contributed by atoms with Gasteiger partial charge in [0.15, 0.2) is 0 Å². The Morgan fingerprint density at radius 3 is 3.06 bits per heavy atom. The van der Waals surface area contributed by atoms with Gasteiger partial charge in [-0.25, -0.2) is 0 Å². The maximum atomic E-state index is 5.37. The maximum absolute atomic E-state index is 5.37. The normalized spacial score (nSPS) is 12.3. The second kappa shape index (κ2) is 6.42. The van der Waals surface area contributed by atoms with Gasteiger partial charge in [-0.15, -0.1) is 5.10 Å². The van der Waals surface area contributed by atoms with Crippen LogP contribution >= 0.6 is 11.5 Å². The van der Waals surface area contributed by atoms with Gasteiger partial charge in [-0.05, 0) is 36.6 Å². The largest absolute Gasteiger partial charge is 0.495 e. The summed E-state index contributed by atoms with van der Waals surface area (Å²) in [5, 5.41) is 7.34. The predicted octanol–water partition coefficient (Wildman–Crippen LogP) is 2.03. The molecule has 0 radical (unpaired) electrons. The standard InChI is InChI=1S/C12H16N4OS/c1-3-6-13-12(10-8-15-16-18-10)11-9(17-2)5-4-7-14-11/h4-5,7-8,12-13H,3,6H2,1-2H3. The van der Waals surface area contributed by atoms with Crippen molar-refractivity contribution in [2.75, 3.05) is 13.7 Å². The molecule has 0 aliphatic carbocycles. The van der Waals surface area contributed by atoms with E-state index in [1.165, 1.54) is 11.5 Å². The second-order valence-corrected chi connectivity index (χ2v) is 4.62. The van der Waals surface area contributed by atoms with Crippen LogP contribution in [-0.2, 0) is 0 Å². The number of rotatable bonds is 6. The fourth-order valence-electron chi connectivity index (χ4n) is 1.71. The molecule has 0 aromatic carbocycles. The molecule has 0 spiro atoms. The van der Waals surface area contributed by atoms with E-state index in [1.54, 1.807) is 19.5 Å². The fraction of sp³-hybridized carbons (Fsp3) is 0.417. The lowest BCUT2D eigenvalue weighted by molar-refractivity contribution is 0.400. The van der Waals surface area contributed by atoms with Gasteiger partial charge in [0.2, 0.25) is 0 Å². The van der Waals surface area contributed by atoms with Gasteiger partial charge < -0.3 is 10.1 Å². The Balaban J connectivity index is 2.33. The number of hydrogen-bond donors (Lipinski definition) is 1. The average Bonchev–Trinajstić information content (AvgIpc) is 2.94. The number of hydrogen-bond acceptors (Lipinski definition) is 6. The summed E-state index contributed by atoms with van der Waals surface area (Å²) in [6.45, 7) is 3.03. The molecule has 18 heavy (non-hydrogen) atoms. The van der Waals surface area contributed by atoms with Crippen molar-refractivity contribution in [3.8, 4) is 5.75 Å². The average molecular weight is 264 g/mol. The molecule has 6 heteroatoms. The Bertz CT molecular complexity index is 475. The third kappa shape index (κ3) is 2.83. The van der Waals surface area contributed by atoms with Crippen molar-refractivity contribution in [2.45, 2.75) is 19.4 Å². The van der Waals surface area contributed by atoms with Gasteiger partial charge in [-0.3, -0.25) is 4.98 Å². The van der Waals surface area contributed by atoms with E-state index in [1.807, 2.05) is 12.1 Å². The van der Waals surface area contributed by atoms with Crippen LogP contribution in [0.15, 0.2) is 24.5 Å². The number of methoxy groups -OCH3 is 1. The van der Waals surface area contributed by atoms with Gasteiger partial charge in [0.1, 0.15) is 11.4 Å². The van der Waals surface area contributed by atoms with E-state index in [-0.39, 0.29) is 6.04 Å². The number of ether oxygens (including phenoxy) is 1. The van der Waals surface area contributed by atoms with Crippen molar-refractivity contribution in [1.29, 1.82) is 0 Å². The molecule has 1 atom stereocenters. The zero-order valence-electron chi connectivity index (χ0n) is 10.5. The first-order valence-corrected chi connectivity index (χ1v) is 6.63. The number of aromatic nitrogens is 3. The minimum Gasteiger partial charge on any atom is -0.495 e. The lowest BCUT2D eigenvalue weighted by Crippen LogP contribution is -2.23. The van der Waals surface area contributed by atoms with E-state index in [2.05, 4.69) is 26.8 Å². The third-order valence-corrected chi connectivity index (χ3v) is 3.28. The molecule has 1 unspecified atom stereocenters. The summed E-state index contributed by atoms with van der Waals surface area (Å²) in [5.41, 5.74) is 0.875. The summed E-state index contributed by atoms with van der Waals surface area (Å²) in [6.07, 6.45) is 4.59.